The molecule has 0 bridgehead atoms. The molecule has 8 nitrogen and oxygen atoms in total. The summed E-state index contributed by atoms with van der Waals surface area (Å²) in [5, 5.41) is 11.2. The van der Waals surface area contributed by atoms with E-state index in [4.69, 9.17) is 14.5 Å². The standard InChI is InChI=1S/C23H28N2O6S2/c1-30-20-11-16-5-7-24-19(18(16)13-21(20)31-2)10-17-14-25(8-6-15(17)12-22(26)27)33(28,29)23-4-3-9-32-23/h3-4,9,11,13,15,17H,5-8,10,12,14H2,1-2H3,(H,26,27). The molecule has 1 aromatic heterocycles. The van der Waals surface area contributed by atoms with Gasteiger partial charge in [0.25, 0.3) is 10.0 Å². The Morgan fingerprint density at radius 3 is 2.67 bits per heavy atom. The van der Waals surface area contributed by atoms with Crippen molar-refractivity contribution in [3.8, 4) is 11.5 Å². The molecule has 0 aliphatic carbocycles. The maximum absolute atomic E-state index is 13.1. The van der Waals surface area contributed by atoms with E-state index in [0.717, 1.165) is 23.3 Å². The van der Waals surface area contributed by atoms with Crippen LogP contribution in [-0.4, -0.2) is 63.4 Å². The smallest absolute Gasteiger partial charge is 0.303 e. The molecule has 0 amide bonds. The summed E-state index contributed by atoms with van der Waals surface area (Å²) in [5.74, 6) is 0.135. The Labute approximate surface area is 197 Å². The summed E-state index contributed by atoms with van der Waals surface area (Å²) in [6, 6.07) is 7.22. The number of aliphatic imine (C=N–C) groups is 1. The molecule has 10 heteroatoms. The second-order valence-corrected chi connectivity index (χ2v) is 11.5. The molecule has 1 saturated heterocycles. The largest absolute Gasteiger partial charge is 0.493 e. The number of methoxy groups -OCH3 is 2. The number of thiophene rings is 1. The molecule has 0 saturated carbocycles. The monoisotopic (exact) mass is 492 g/mol. The number of carbonyl (C=O) groups is 1. The van der Waals surface area contributed by atoms with Crippen molar-refractivity contribution < 1.29 is 27.8 Å². The Balaban J connectivity index is 1.62. The summed E-state index contributed by atoms with van der Waals surface area (Å²) in [4.78, 5) is 16.3. The summed E-state index contributed by atoms with van der Waals surface area (Å²) >= 11 is 1.20. The molecule has 1 aromatic carbocycles. The molecule has 0 spiro atoms. The number of fused-ring (bicyclic) bond motifs is 1. The molecule has 4 rings (SSSR count). The summed E-state index contributed by atoms with van der Waals surface area (Å²) in [6.45, 7) is 1.23. The molecular formula is C23H28N2O6S2. The van der Waals surface area contributed by atoms with Crippen LogP contribution in [-0.2, 0) is 21.2 Å². The van der Waals surface area contributed by atoms with Gasteiger partial charge in [0.1, 0.15) is 4.21 Å². The van der Waals surface area contributed by atoms with Gasteiger partial charge >= 0.3 is 5.97 Å². The predicted molar refractivity (Wildman–Crippen MR) is 126 cm³/mol. The normalized spacial score (nSPS) is 21.2. The molecule has 0 radical (unpaired) electrons. The first-order valence-electron chi connectivity index (χ1n) is 10.9. The van der Waals surface area contributed by atoms with E-state index in [9.17, 15) is 18.3 Å². The molecule has 2 aliphatic rings. The SMILES string of the molecule is COc1cc2c(cc1OC)C(CC1CN(S(=O)(=O)c3cccs3)CCC1CC(=O)O)=NCC2. The van der Waals surface area contributed by atoms with Crippen LogP contribution in [0.15, 0.2) is 38.8 Å². The van der Waals surface area contributed by atoms with Gasteiger partial charge in [-0.15, -0.1) is 11.3 Å². The third kappa shape index (κ3) is 4.92. The van der Waals surface area contributed by atoms with E-state index in [1.807, 2.05) is 12.1 Å². The van der Waals surface area contributed by atoms with Crippen LogP contribution in [0.4, 0.5) is 0 Å². The topological polar surface area (TPSA) is 106 Å². The van der Waals surface area contributed by atoms with Gasteiger partial charge in [-0.2, -0.15) is 4.31 Å². The van der Waals surface area contributed by atoms with E-state index in [1.165, 1.54) is 15.6 Å². The zero-order valence-electron chi connectivity index (χ0n) is 18.7. The zero-order valence-corrected chi connectivity index (χ0v) is 20.3. The average molecular weight is 493 g/mol. The van der Waals surface area contributed by atoms with Crippen molar-refractivity contribution in [1.82, 2.24) is 4.31 Å². The highest BCUT2D eigenvalue weighted by molar-refractivity contribution is 7.91. The van der Waals surface area contributed by atoms with Gasteiger partial charge in [0.2, 0.25) is 0 Å². The number of carboxylic acid groups (broad SMARTS) is 1. The number of benzene rings is 1. The van der Waals surface area contributed by atoms with Crippen molar-refractivity contribution in [2.24, 2.45) is 16.8 Å². The van der Waals surface area contributed by atoms with Crippen molar-refractivity contribution >= 4 is 33.0 Å². The van der Waals surface area contributed by atoms with Crippen LogP contribution in [0.2, 0.25) is 0 Å². The fourth-order valence-electron chi connectivity index (χ4n) is 4.74. The third-order valence-corrected chi connectivity index (χ3v) is 9.68. The van der Waals surface area contributed by atoms with Crippen molar-refractivity contribution in [2.45, 2.75) is 29.9 Å². The fourth-order valence-corrected chi connectivity index (χ4v) is 7.40. The van der Waals surface area contributed by atoms with E-state index in [-0.39, 0.29) is 24.8 Å². The number of hydrogen-bond acceptors (Lipinski definition) is 7. The second-order valence-electron chi connectivity index (χ2n) is 8.35. The first-order chi connectivity index (χ1) is 15.8. The molecule has 1 N–H and O–H groups in total. The summed E-state index contributed by atoms with van der Waals surface area (Å²) in [7, 11) is -0.412. The molecule has 33 heavy (non-hydrogen) atoms. The van der Waals surface area contributed by atoms with Crippen LogP contribution in [0.5, 0.6) is 11.5 Å². The number of ether oxygens (including phenoxy) is 2. The molecule has 2 aliphatic heterocycles. The highest BCUT2D eigenvalue weighted by atomic mass is 32.2. The molecule has 3 heterocycles. The molecule has 2 atom stereocenters. The minimum atomic E-state index is -3.60. The van der Waals surface area contributed by atoms with Gasteiger partial charge in [-0.3, -0.25) is 9.79 Å². The van der Waals surface area contributed by atoms with Crippen molar-refractivity contribution in [3.05, 3.63) is 40.8 Å². The van der Waals surface area contributed by atoms with E-state index in [1.54, 1.807) is 31.7 Å². The zero-order chi connectivity index (χ0) is 23.6. The number of sulfonamides is 1. The summed E-state index contributed by atoms with van der Waals surface area (Å²) in [6.07, 6.45) is 1.81. The van der Waals surface area contributed by atoms with Crippen molar-refractivity contribution in [1.29, 1.82) is 0 Å². The lowest BCUT2D eigenvalue weighted by molar-refractivity contribution is -0.138. The van der Waals surface area contributed by atoms with Crippen LogP contribution in [0.3, 0.4) is 0 Å². The molecule has 2 aromatic rings. The first kappa shape index (κ1) is 23.7. The Morgan fingerprint density at radius 1 is 1.24 bits per heavy atom. The maximum Gasteiger partial charge on any atom is 0.303 e. The lowest BCUT2D eigenvalue weighted by Gasteiger charge is -2.38. The molecule has 2 unspecified atom stereocenters. The van der Waals surface area contributed by atoms with Crippen molar-refractivity contribution in [3.63, 3.8) is 0 Å². The Bertz CT molecular complexity index is 1140. The van der Waals surface area contributed by atoms with Gasteiger partial charge in [0.05, 0.1) is 14.2 Å². The molecule has 178 valence electrons. The van der Waals surface area contributed by atoms with Gasteiger partial charge in [-0.05, 0) is 60.2 Å². The number of nitrogens with zero attached hydrogens (tertiary/aromatic N) is 2. The van der Waals surface area contributed by atoms with Crippen LogP contribution in [0, 0.1) is 11.8 Å². The van der Waals surface area contributed by atoms with Crippen LogP contribution >= 0.6 is 11.3 Å². The first-order valence-corrected chi connectivity index (χ1v) is 13.2. The van der Waals surface area contributed by atoms with Gasteiger partial charge in [0, 0.05) is 37.3 Å². The van der Waals surface area contributed by atoms with Crippen LogP contribution in [0.25, 0.3) is 0 Å². The highest BCUT2D eigenvalue weighted by Crippen LogP contribution is 2.37. The lowest BCUT2D eigenvalue weighted by Crippen LogP contribution is -2.44. The minimum absolute atomic E-state index is 0.0175. The van der Waals surface area contributed by atoms with E-state index in [2.05, 4.69) is 0 Å². The summed E-state index contributed by atoms with van der Waals surface area (Å²) < 4.78 is 39.0. The highest BCUT2D eigenvalue weighted by Gasteiger charge is 2.38. The maximum atomic E-state index is 13.1. The molecular weight excluding hydrogens is 464 g/mol. The third-order valence-electron chi connectivity index (χ3n) is 6.44. The minimum Gasteiger partial charge on any atom is -0.493 e. The Hall–Kier alpha value is -2.43. The van der Waals surface area contributed by atoms with Gasteiger partial charge in [-0.25, -0.2) is 8.42 Å². The Kier molecular flexibility index (Phi) is 7.06. The number of rotatable bonds is 8. The van der Waals surface area contributed by atoms with E-state index in [0.29, 0.717) is 41.6 Å². The summed E-state index contributed by atoms with van der Waals surface area (Å²) in [5.41, 5.74) is 2.94. The van der Waals surface area contributed by atoms with Gasteiger partial charge < -0.3 is 14.6 Å². The Morgan fingerprint density at radius 2 is 2.00 bits per heavy atom. The predicted octanol–water partition coefficient (Wildman–Crippen LogP) is 3.30. The van der Waals surface area contributed by atoms with E-state index < -0.39 is 16.0 Å². The second kappa shape index (κ2) is 9.82. The van der Waals surface area contributed by atoms with Crippen molar-refractivity contribution in [2.75, 3.05) is 33.9 Å². The number of aliphatic carboxylic acids is 1. The van der Waals surface area contributed by atoms with Crippen LogP contribution < -0.4 is 9.47 Å². The fraction of sp³-hybridized carbons (Fsp3) is 0.478. The van der Waals surface area contributed by atoms with Crippen LogP contribution in [0.1, 0.15) is 30.4 Å². The molecule has 1 fully saturated rings. The van der Waals surface area contributed by atoms with Gasteiger partial charge in [-0.1, -0.05) is 6.07 Å². The number of carboxylic acids is 1. The average Bonchev–Trinajstić information content (AvgIpc) is 3.35. The quantitative estimate of drug-likeness (QED) is 0.606. The number of piperidine rings is 1. The number of hydrogen-bond donors (Lipinski definition) is 1. The lowest BCUT2D eigenvalue weighted by atomic mass is 9.79. The van der Waals surface area contributed by atoms with Gasteiger partial charge in [0.15, 0.2) is 11.5 Å². The van der Waals surface area contributed by atoms with E-state index >= 15 is 0 Å².